The highest BCUT2D eigenvalue weighted by atomic mass is 32.1. The minimum atomic E-state index is 0.152. The third kappa shape index (κ3) is 3.83. The lowest BCUT2D eigenvalue weighted by Crippen LogP contribution is -2.11. The topological polar surface area (TPSA) is 26.0 Å². The van der Waals surface area contributed by atoms with Gasteiger partial charge in [0, 0.05) is 21.8 Å². The number of fused-ring (bicyclic) bond motifs is 2. The highest BCUT2D eigenvalue weighted by molar-refractivity contribution is 7.13. The average Bonchev–Trinajstić information content (AvgIpc) is 3.19. The molecule has 0 aliphatic carbocycles. The lowest BCUT2D eigenvalue weighted by Gasteiger charge is -2.16. The van der Waals surface area contributed by atoms with Crippen molar-refractivity contribution in [3.05, 3.63) is 66.1 Å². The smallest absolute Gasteiger partial charge is 0.134 e. The van der Waals surface area contributed by atoms with Crippen LogP contribution in [0.4, 0.5) is 0 Å². The van der Waals surface area contributed by atoms with Crippen LogP contribution in [0.1, 0.15) is 52.8 Å². The Balaban J connectivity index is 0.000000151. The summed E-state index contributed by atoms with van der Waals surface area (Å²) in [5.74, 6) is 0. The number of aromatic nitrogens is 1. The molecule has 0 unspecified atom stereocenters. The summed E-state index contributed by atoms with van der Waals surface area (Å²) in [7, 11) is 0. The zero-order chi connectivity index (χ0) is 18.9. The van der Waals surface area contributed by atoms with E-state index >= 15 is 0 Å². The van der Waals surface area contributed by atoms with E-state index in [-0.39, 0.29) is 10.8 Å². The van der Waals surface area contributed by atoms with Gasteiger partial charge in [-0.25, -0.2) is 0 Å². The zero-order valence-electron chi connectivity index (χ0n) is 16.5. The van der Waals surface area contributed by atoms with Crippen molar-refractivity contribution in [1.29, 1.82) is 0 Å². The van der Waals surface area contributed by atoms with Crippen LogP contribution < -0.4 is 0 Å². The van der Waals surface area contributed by atoms with Gasteiger partial charge in [0.2, 0.25) is 0 Å². The Kier molecular flexibility index (Phi) is 4.94. The summed E-state index contributed by atoms with van der Waals surface area (Å²) in [4.78, 5) is 0. The number of benzene rings is 2. The van der Waals surface area contributed by atoms with Gasteiger partial charge in [0.15, 0.2) is 0 Å². The van der Waals surface area contributed by atoms with E-state index < -0.39 is 0 Å². The first kappa shape index (κ1) is 18.7. The van der Waals surface area contributed by atoms with Crippen molar-refractivity contribution in [3.63, 3.8) is 0 Å². The zero-order valence-corrected chi connectivity index (χ0v) is 17.3. The first-order valence-electron chi connectivity index (χ1n) is 8.99. The maximum Gasteiger partial charge on any atom is 0.134 e. The number of hydrogen-bond donors (Lipinski definition) is 0. The van der Waals surface area contributed by atoms with Crippen molar-refractivity contribution in [1.82, 2.24) is 4.37 Å². The second kappa shape index (κ2) is 6.88. The van der Waals surface area contributed by atoms with Crippen LogP contribution in [0.25, 0.3) is 21.1 Å². The standard InChI is InChI=1S/C12H14O.C11H13NS/c1-12(2,3)10-8-13-11-7-5-4-6-9(10)11;1-11(2,3)10-8-6-4-5-7-9(8)13-12-10/h4-8H,1-3H3;4-7H,1-3H3. The molecule has 4 aromatic rings. The molecule has 0 radical (unpaired) electrons. The van der Waals surface area contributed by atoms with Gasteiger partial charge in [0.25, 0.3) is 0 Å². The molecular weight excluding hydrogens is 338 g/mol. The Labute approximate surface area is 160 Å². The molecule has 0 fully saturated rings. The molecule has 0 N–H and O–H groups in total. The molecule has 0 aliphatic rings. The van der Waals surface area contributed by atoms with Crippen molar-refractivity contribution in [2.45, 2.75) is 52.4 Å². The normalized spacial score (nSPS) is 12.2. The van der Waals surface area contributed by atoms with Crippen LogP contribution >= 0.6 is 11.5 Å². The van der Waals surface area contributed by atoms with Crippen molar-refractivity contribution >= 4 is 32.6 Å². The molecule has 4 rings (SSSR count). The van der Waals surface area contributed by atoms with Gasteiger partial charge >= 0.3 is 0 Å². The molecule has 0 saturated heterocycles. The molecule has 0 atom stereocenters. The molecule has 2 aromatic heterocycles. The van der Waals surface area contributed by atoms with Gasteiger partial charge in [-0.05, 0) is 29.1 Å². The number of rotatable bonds is 0. The Bertz CT molecular complexity index is 928. The van der Waals surface area contributed by atoms with Crippen molar-refractivity contribution in [2.24, 2.45) is 0 Å². The molecule has 0 aliphatic heterocycles. The van der Waals surface area contributed by atoms with E-state index in [0.717, 1.165) is 5.58 Å². The molecule has 0 saturated carbocycles. The van der Waals surface area contributed by atoms with Gasteiger partial charge in [-0.15, -0.1) is 0 Å². The SMILES string of the molecule is CC(C)(C)c1coc2ccccc12.CC(C)(C)c1nsc2ccccc12. The predicted octanol–water partition coefficient (Wildman–Crippen LogP) is 7.32. The second-order valence-electron chi connectivity index (χ2n) is 8.67. The van der Waals surface area contributed by atoms with Crippen molar-refractivity contribution < 1.29 is 4.42 Å². The van der Waals surface area contributed by atoms with Crippen LogP contribution in [0, 0.1) is 0 Å². The maximum absolute atomic E-state index is 5.48. The van der Waals surface area contributed by atoms with Gasteiger partial charge < -0.3 is 4.42 Å². The Morgan fingerprint density at radius 2 is 1.38 bits per heavy atom. The minimum Gasteiger partial charge on any atom is -0.464 e. The monoisotopic (exact) mass is 365 g/mol. The van der Waals surface area contributed by atoms with Crippen LogP contribution in [-0.2, 0) is 10.8 Å². The van der Waals surface area contributed by atoms with E-state index in [4.69, 9.17) is 4.42 Å². The minimum absolute atomic E-state index is 0.152. The van der Waals surface area contributed by atoms with Crippen molar-refractivity contribution in [2.75, 3.05) is 0 Å². The van der Waals surface area contributed by atoms with E-state index in [0.29, 0.717) is 0 Å². The number of nitrogens with zero attached hydrogens (tertiary/aromatic N) is 1. The van der Waals surface area contributed by atoms with Crippen LogP contribution in [-0.4, -0.2) is 4.37 Å². The highest BCUT2D eigenvalue weighted by Gasteiger charge is 2.20. The van der Waals surface area contributed by atoms with E-state index in [1.54, 1.807) is 11.5 Å². The van der Waals surface area contributed by atoms with Gasteiger partial charge in [-0.2, -0.15) is 4.37 Å². The van der Waals surface area contributed by atoms with E-state index in [1.807, 2.05) is 24.5 Å². The maximum atomic E-state index is 5.48. The van der Waals surface area contributed by atoms with Gasteiger partial charge in [0.05, 0.1) is 16.7 Å². The van der Waals surface area contributed by atoms with Crippen LogP contribution in [0.2, 0.25) is 0 Å². The quantitative estimate of drug-likeness (QED) is 0.326. The summed E-state index contributed by atoms with van der Waals surface area (Å²) >= 11 is 1.59. The summed E-state index contributed by atoms with van der Waals surface area (Å²) in [6.45, 7) is 13.2. The summed E-state index contributed by atoms with van der Waals surface area (Å²) in [6.07, 6.45) is 1.87. The third-order valence-electron chi connectivity index (χ3n) is 4.38. The first-order chi connectivity index (χ1) is 12.2. The third-order valence-corrected chi connectivity index (χ3v) is 5.20. The summed E-state index contributed by atoms with van der Waals surface area (Å²) in [5, 5.41) is 2.54. The van der Waals surface area contributed by atoms with Gasteiger partial charge in [-0.3, -0.25) is 0 Å². The Morgan fingerprint density at radius 3 is 2.04 bits per heavy atom. The Hall–Kier alpha value is -2.13. The van der Waals surface area contributed by atoms with E-state index in [1.165, 1.54) is 26.7 Å². The fourth-order valence-corrected chi connectivity index (χ4v) is 3.95. The molecule has 0 spiro atoms. The second-order valence-corrected chi connectivity index (χ2v) is 9.48. The number of furan rings is 1. The number of hydrogen-bond acceptors (Lipinski definition) is 3. The molecule has 0 bridgehead atoms. The molecule has 136 valence electrons. The fraction of sp³-hybridized carbons (Fsp3) is 0.348. The van der Waals surface area contributed by atoms with Crippen LogP contribution in [0.5, 0.6) is 0 Å². The Morgan fingerprint density at radius 1 is 0.769 bits per heavy atom. The molecule has 3 heteroatoms. The first-order valence-corrected chi connectivity index (χ1v) is 9.77. The lowest BCUT2D eigenvalue weighted by molar-refractivity contribution is 0.557. The summed E-state index contributed by atoms with van der Waals surface area (Å²) in [5.41, 5.74) is 3.79. The summed E-state index contributed by atoms with van der Waals surface area (Å²) < 4.78 is 11.3. The molecule has 2 heterocycles. The molecule has 2 nitrogen and oxygen atoms in total. The largest absolute Gasteiger partial charge is 0.464 e. The van der Waals surface area contributed by atoms with Crippen LogP contribution in [0.3, 0.4) is 0 Å². The lowest BCUT2D eigenvalue weighted by atomic mass is 9.87. The molecule has 26 heavy (non-hydrogen) atoms. The predicted molar refractivity (Wildman–Crippen MR) is 113 cm³/mol. The van der Waals surface area contributed by atoms with Gasteiger partial charge in [-0.1, -0.05) is 77.9 Å². The molecule has 0 amide bonds. The van der Waals surface area contributed by atoms with Crippen LogP contribution in [0.15, 0.2) is 59.2 Å². The fourth-order valence-electron chi connectivity index (χ4n) is 2.99. The molecular formula is C23H27NOS. The van der Waals surface area contributed by atoms with E-state index in [9.17, 15) is 0 Å². The molecule has 2 aromatic carbocycles. The number of para-hydroxylation sites is 1. The highest BCUT2D eigenvalue weighted by Crippen LogP contribution is 2.32. The van der Waals surface area contributed by atoms with Gasteiger partial charge in [0.1, 0.15) is 5.58 Å². The van der Waals surface area contributed by atoms with E-state index in [2.05, 4.69) is 76.2 Å². The average molecular weight is 366 g/mol. The van der Waals surface area contributed by atoms with Crippen molar-refractivity contribution in [3.8, 4) is 0 Å². The summed E-state index contributed by atoms with van der Waals surface area (Å²) in [6, 6.07) is 16.6.